The van der Waals surface area contributed by atoms with E-state index in [1.54, 1.807) is 4.90 Å². The van der Waals surface area contributed by atoms with Crippen molar-refractivity contribution in [3.8, 4) is 0 Å². The quantitative estimate of drug-likeness (QED) is 0.849. The van der Waals surface area contributed by atoms with Gasteiger partial charge in [0.05, 0.1) is 12.2 Å². The number of nitrogens with one attached hydrogen (secondary N) is 1. The molecule has 0 bridgehead atoms. The third-order valence-electron chi connectivity index (χ3n) is 2.44. The van der Waals surface area contributed by atoms with Crippen molar-refractivity contribution in [3.63, 3.8) is 0 Å². The Kier molecular flexibility index (Phi) is 4.43. The number of rotatable bonds is 4. The van der Waals surface area contributed by atoms with Gasteiger partial charge < -0.3 is 10.2 Å². The van der Waals surface area contributed by atoms with Gasteiger partial charge in [-0.25, -0.2) is 0 Å². The highest BCUT2D eigenvalue weighted by molar-refractivity contribution is 5.81. The minimum absolute atomic E-state index is 0.0115. The Morgan fingerprint density at radius 3 is 2.59 bits per heavy atom. The standard InChI is InChI=1S/C12H20N4O/c1-8(2)13-12(17)7-16(5)11-6-9(3)10(4)14-15-11/h6,8H,7H2,1-5H3,(H,13,17). The van der Waals surface area contributed by atoms with E-state index in [0.29, 0.717) is 5.82 Å². The van der Waals surface area contributed by atoms with E-state index in [1.165, 1.54) is 0 Å². The monoisotopic (exact) mass is 236 g/mol. The van der Waals surface area contributed by atoms with Crippen molar-refractivity contribution in [2.75, 3.05) is 18.5 Å². The number of carbonyl (C=O) groups excluding carboxylic acids is 1. The van der Waals surface area contributed by atoms with Gasteiger partial charge in [0.15, 0.2) is 5.82 Å². The van der Waals surface area contributed by atoms with E-state index in [9.17, 15) is 4.79 Å². The van der Waals surface area contributed by atoms with Gasteiger partial charge in [0.1, 0.15) is 0 Å². The van der Waals surface area contributed by atoms with Gasteiger partial charge in [-0.05, 0) is 39.3 Å². The lowest BCUT2D eigenvalue weighted by molar-refractivity contribution is -0.120. The van der Waals surface area contributed by atoms with E-state index >= 15 is 0 Å². The van der Waals surface area contributed by atoms with Crippen molar-refractivity contribution in [1.29, 1.82) is 0 Å². The van der Waals surface area contributed by atoms with Gasteiger partial charge in [-0.3, -0.25) is 4.79 Å². The Morgan fingerprint density at radius 1 is 1.41 bits per heavy atom. The predicted molar refractivity (Wildman–Crippen MR) is 68.1 cm³/mol. The molecule has 0 aliphatic rings. The van der Waals surface area contributed by atoms with Crippen LogP contribution in [0, 0.1) is 13.8 Å². The van der Waals surface area contributed by atoms with Crippen LogP contribution in [-0.2, 0) is 4.79 Å². The van der Waals surface area contributed by atoms with Crippen LogP contribution in [0.25, 0.3) is 0 Å². The molecule has 17 heavy (non-hydrogen) atoms. The number of anilines is 1. The second-order valence-electron chi connectivity index (χ2n) is 4.55. The largest absolute Gasteiger partial charge is 0.352 e. The number of hydrogen-bond donors (Lipinski definition) is 1. The van der Waals surface area contributed by atoms with Crippen LogP contribution in [0.1, 0.15) is 25.1 Å². The summed E-state index contributed by atoms with van der Waals surface area (Å²) < 4.78 is 0. The first-order valence-electron chi connectivity index (χ1n) is 5.71. The Morgan fingerprint density at radius 2 is 2.06 bits per heavy atom. The molecule has 1 aromatic heterocycles. The number of aromatic nitrogens is 2. The van der Waals surface area contributed by atoms with Gasteiger partial charge >= 0.3 is 0 Å². The summed E-state index contributed by atoms with van der Waals surface area (Å²) in [5.41, 5.74) is 1.99. The lowest BCUT2D eigenvalue weighted by atomic mass is 10.2. The number of hydrogen-bond acceptors (Lipinski definition) is 4. The summed E-state index contributed by atoms with van der Waals surface area (Å²) in [4.78, 5) is 13.4. The summed E-state index contributed by atoms with van der Waals surface area (Å²) in [6.07, 6.45) is 0. The summed E-state index contributed by atoms with van der Waals surface area (Å²) in [5, 5.41) is 11.0. The number of carbonyl (C=O) groups is 1. The third kappa shape index (κ3) is 4.01. The van der Waals surface area contributed by atoms with Crippen LogP contribution in [0.15, 0.2) is 6.07 Å². The van der Waals surface area contributed by atoms with Crippen molar-refractivity contribution >= 4 is 11.7 Å². The number of amides is 1. The normalized spacial score (nSPS) is 10.5. The van der Waals surface area contributed by atoms with Crippen LogP contribution in [0.5, 0.6) is 0 Å². The van der Waals surface area contributed by atoms with Crippen LogP contribution in [0.3, 0.4) is 0 Å². The molecule has 0 aliphatic heterocycles. The van der Waals surface area contributed by atoms with E-state index in [4.69, 9.17) is 0 Å². The Balaban J connectivity index is 2.66. The van der Waals surface area contributed by atoms with Crippen LogP contribution >= 0.6 is 0 Å². The third-order valence-corrected chi connectivity index (χ3v) is 2.44. The zero-order valence-electron chi connectivity index (χ0n) is 11.1. The molecule has 0 radical (unpaired) electrons. The number of nitrogens with zero attached hydrogens (tertiary/aromatic N) is 3. The zero-order chi connectivity index (χ0) is 13.0. The van der Waals surface area contributed by atoms with E-state index in [2.05, 4.69) is 15.5 Å². The average molecular weight is 236 g/mol. The summed E-state index contributed by atoms with van der Waals surface area (Å²) in [6.45, 7) is 8.06. The maximum Gasteiger partial charge on any atom is 0.239 e. The highest BCUT2D eigenvalue weighted by Gasteiger charge is 2.10. The summed E-state index contributed by atoms with van der Waals surface area (Å²) in [6, 6.07) is 2.09. The van der Waals surface area contributed by atoms with Gasteiger partial charge in [-0.15, -0.1) is 5.10 Å². The molecule has 0 unspecified atom stereocenters. The van der Waals surface area contributed by atoms with Crippen molar-refractivity contribution in [2.24, 2.45) is 0 Å². The Hall–Kier alpha value is -1.65. The predicted octanol–water partition coefficient (Wildman–Crippen LogP) is 1.05. The molecule has 94 valence electrons. The van der Waals surface area contributed by atoms with Crippen molar-refractivity contribution < 1.29 is 4.79 Å². The van der Waals surface area contributed by atoms with Crippen molar-refractivity contribution in [1.82, 2.24) is 15.5 Å². The molecule has 1 N–H and O–H groups in total. The Bertz CT molecular complexity index is 403. The molecule has 0 fully saturated rings. The number of aryl methyl sites for hydroxylation is 2. The topological polar surface area (TPSA) is 58.1 Å². The van der Waals surface area contributed by atoms with Crippen molar-refractivity contribution in [3.05, 3.63) is 17.3 Å². The molecule has 1 aromatic rings. The van der Waals surface area contributed by atoms with E-state index in [1.807, 2.05) is 40.8 Å². The Labute approximate surface area is 102 Å². The molecule has 0 saturated carbocycles. The van der Waals surface area contributed by atoms with Gasteiger partial charge in [0.2, 0.25) is 5.91 Å². The molecule has 1 heterocycles. The summed E-state index contributed by atoms with van der Waals surface area (Å²) >= 11 is 0. The molecule has 5 nitrogen and oxygen atoms in total. The SMILES string of the molecule is Cc1cc(N(C)CC(=O)NC(C)C)nnc1C. The van der Waals surface area contributed by atoms with Crippen molar-refractivity contribution in [2.45, 2.75) is 33.7 Å². The van der Waals surface area contributed by atoms with Crippen LogP contribution in [-0.4, -0.2) is 35.7 Å². The smallest absolute Gasteiger partial charge is 0.239 e. The van der Waals surface area contributed by atoms with Crippen LogP contribution in [0.2, 0.25) is 0 Å². The summed E-state index contributed by atoms with van der Waals surface area (Å²) in [5.74, 6) is 0.703. The molecule has 1 rings (SSSR count). The highest BCUT2D eigenvalue weighted by Crippen LogP contribution is 2.11. The second kappa shape index (κ2) is 5.61. The highest BCUT2D eigenvalue weighted by atomic mass is 16.2. The number of likely N-dealkylation sites (N-methyl/N-ethyl adjacent to an activating group) is 1. The van der Waals surface area contributed by atoms with Gasteiger partial charge in [0.25, 0.3) is 0 Å². The average Bonchev–Trinajstić information content (AvgIpc) is 2.20. The lowest BCUT2D eigenvalue weighted by Gasteiger charge is -2.18. The van der Waals surface area contributed by atoms with Crippen LogP contribution < -0.4 is 10.2 Å². The second-order valence-corrected chi connectivity index (χ2v) is 4.55. The fourth-order valence-corrected chi connectivity index (χ4v) is 1.38. The first-order valence-corrected chi connectivity index (χ1v) is 5.71. The maximum atomic E-state index is 11.6. The fraction of sp³-hybridized carbons (Fsp3) is 0.583. The molecular weight excluding hydrogens is 216 g/mol. The van der Waals surface area contributed by atoms with Gasteiger partial charge in [-0.2, -0.15) is 5.10 Å². The molecule has 0 aromatic carbocycles. The minimum Gasteiger partial charge on any atom is -0.352 e. The molecule has 1 amide bonds. The van der Waals surface area contributed by atoms with Gasteiger partial charge in [0, 0.05) is 13.1 Å². The van der Waals surface area contributed by atoms with E-state index in [-0.39, 0.29) is 18.5 Å². The molecule has 0 saturated heterocycles. The zero-order valence-corrected chi connectivity index (χ0v) is 11.1. The minimum atomic E-state index is -0.0115. The molecule has 0 aliphatic carbocycles. The molecule has 0 spiro atoms. The first-order chi connectivity index (χ1) is 7.90. The molecule has 0 atom stereocenters. The first kappa shape index (κ1) is 13.4. The van der Waals surface area contributed by atoms with Crippen LogP contribution in [0.4, 0.5) is 5.82 Å². The van der Waals surface area contributed by atoms with E-state index in [0.717, 1.165) is 11.3 Å². The molecule has 5 heteroatoms. The summed E-state index contributed by atoms with van der Waals surface area (Å²) in [7, 11) is 1.83. The maximum absolute atomic E-state index is 11.6. The van der Waals surface area contributed by atoms with E-state index < -0.39 is 0 Å². The lowest BCUT2D eigenvalue weighted by Crippen LogP contribution is -2.38. The fourth-order valence-electron chi connectivity index (χ4n) is 1.38. The molecular formula is C12H20N4O. The van der Waals surface area contributed by atoms with Gasteiger partial charge in [-0.1, -0.05) is 0 Å².